The molecule has 1 aliphatic carbocycles. The zero-order valence-electron chi connectivity index (χ0n) is 44.9. The van der Waals surface area contributed by atoms with Gasteiger partial charge in [-0.25, -0.2) is 0 Å². The van der Waals surface area contributed by atoms with Gasteiger partial charge in [0.1, 0.15) is 0 Å². The summed E-state index contributed by atoms with van der Waals surface area (Å²) in [5.41, 5.74) is 25.4. The smallest absolute Gasteiger partial charge is 0.0473 e. The van der Waals surface area contributed by atoms with Crippen LogP contribution in [0.3, 0.4) is 0 Å². The predicted octanol–water partition coefficient (Wildman–Crippen LogP) is 21.9. The van der Waals surface area contributed by atoms with Crippen LogP contribution in [0.5, 0.6) is 0 Å². The van der Waals surface area contributed by atoms with Crippen molar-refractivity contribution < 1.29 is 0 Å². The highest BCUT2D eigenvalue weighted by Gasteiger charge is 2.20. The summed E-state index contributed by atoms with van der Waals surface area (Å²) >= 11 is 0. The van der Waals surface area contributed by atoms with Crippen LogP contribution in [-0.2, 0) is 0 Å². The molecule has 1 aliphatic rings. The minimum atomic E-state index is 0.774. The zero-order valence-corrected chi connectivity index (χ0v) is 44.9. The highest BCUT2D eigenvalue weighted by molar-refractivity contribution is 5.88. The van der Waals surface area contributed by atoms with Crippen LogP contribution in [0.1, 0.15) is 12.0 Å². The molecule has 384 valence electrons. The van der Waals surface area contributed by atoms with Crippen molar-refractivity contribution in [3.8, 4) is 77.9 Å². The number of benzene rings is 12. The molecule has 0 saturated heterocycles. The highest BCUT2D eigenvalue weighted by atomic mass is 15.1. The Kier molecular flexibility index (Phi) is 14.3. The molecule has 0 N–H and O–H groups in total. The maximum atomic E-state index is 2.41. The first-order valence-electron chi connectivity index (χ1n) is 27.9. The van der Waals surface area contributed by atoms with E-state index in [1.54, 1.807) is 0 Å². The topological polar surface area (TPSA) is 6.48 Å². The average molecular weight is 1040 g/mol. The Balaban J connectivity index is 0.816. The molecule has 2 nitrogen and oxygen atoms in total. The van der Waals surface area contributed by atoms with Gasteiger partial charge < -0.3 is 9.80 Å². The molecule has 13 rings (SSSR count). The Morgan fingerprint density at radius 3 is 0.778 bits per heavy atom. The van der Waals surface area contributed by atoms with Crippen LogP contribution in [0, 0.1) is 0 Å². The molecule has 0 spiro atoms. The van der Waals surface area contributed by atoms with Crippen LogP contribution in [0.4, 0.5) is 28.4 Å². The van der Waals surface area contributed by atoms with Gasteiger partial charge in [0.05, 0.1) is 0 Å². The van der Waals surface area contributed by atoms with Crippen molar-refractivity contribution in [2.75, 3.05) is 9.80 Å². The maximum Gasteiger partial charge on any atom is 0.0473 e. The second-order valence-corrected chi connectivity index (χ2v) is 20.5. The molecule has 0 heterocycles. The van der Waals surface area contributed by atoms with E-state index in [-0.39, 0.29) is 0 Å². The molecule has 2 heteroatoms. The molecule has 0 aliphatic heterocycles. The van der Waals surface area contributed by atoms with Crippen molar-refractivity contribution in [1.29, 1.82) is 0 Å². The predicted molar refractivity (Wildman–Crippen MR) is 344 cm³/mol. The lowest BCUT2D eigenvalue weighted by atomic mass is 9.97. The Morgan fingerprint density at radius 1 is 0.185 bits per heavy atom. The molecule has 0 aromatic heterocycles. The first kappa shape index (κ1) is 50.0. The monoisotopic (exact) mass is 1030 g/mol. The summed E-state index contributed by atoms with van der Waals surface area (Å²) in [5.74, 6) is 0. The van der Waals surface area contributed by atoms with Crippen molar-refractivity contribution in [1.82, 2.24) is 0 Å². The Hall–Kier alpha value is -10.5. The van der Waals surface area contributed by atoms with Gasteiger partial charge in [-0.2, -0.15) is 0 Å². The number of hydrogen-bond donors (Lipinski definition) is 0. The molecular weight excluding hydrogens is 977 g/mol. The fraction of sp³-hybridized carbons (Fsp3) is 0.0127. The van der Waals surface area contributed by atoms with Crippen LogP contribution in [0.15, 0.2) is 345 Å². The Labute approximate surface area is 476 Å². The lowest BCUT2D eigenvalue weighted by Crippen LogP contribution is -2.15. The second-order valence-electron chi connectivity index (χ2n) is 20.5. The normalized spacial score (nSPS) is 12.0. The van der Waals surface area contributed by atoms with Gasteiger partial charge in [-0.05, 0) is 174 Å². The van der Waals surface area contributed by atoms with E-state index in [9.17, 15) is 0 Å². The molecule has 0 atom stereocenters. The molecule has 0 radical (unpaired) electrons. The molecule has 0 fully saturated rings. The van der Waals surface area contributed by atoms with Crippen molar-refractivity contribution in [2.45, 2.75) is 6.42 Å². The Bertz CT molecular complexity index is 4040. The van der Waals surface area contributed by atoms with Crippen LogP contribution < -0.4 is 9.80 Å². The summed E-state index contributed by atoms with van der Waals surface area (Å²) in [7, 11) is 0. The number of allylic oxidation sites excluding steroid dienone is 5. The second kappa shape index (κ2) is 23.2. The molecular formula is C79H58N2. The lowest BCUT2D eigenvalue weighted by Gasteiger charge is -2.28. The molecule has 0 unspecified atom stereocenters. The van der Waals surface area contributed by atoms with Crippen molar-refractivity contribution in [3.05, 3.63) is 351 Å². The summed E-state index contributed by atoms with van der Waals surface area (Å²) < 4.78 is 0. The molecule has 0 bridgehead atoms. The third-order valence-corrected chi connectivity index (χ3v) is 15.3. The highest BCUT2D eigenvalue weighted by Crippen LogP contribution is 2.43. The number of hydrogen-bond acceptors (Lipinski definition) is 2. The van der Waals surface area contributed by atoms with Crippen LogP contribution in [0.25, 0.3) is 83.5 Å². The van der Waals surface area contributed by atoms with Gasteiger partial charge in [0.25, 0.3) is 0 Å². The third-order valence-electron chi connectivity index (χ3n) is 15.3. The number of anilines is 5. The molecule has 12 aromatic rings. The Morgan fingerprint density at radius 2 is 0.444 bits per heavy atom. The van der Waals surface area contributed by atoms with Crippen LogP contribution in [-0.4, -0.2) is 0 Å². The largest absolute Gasteiger partial charge is 0.311 e. The van der Waals surface area contributed by atoms with E-state index in [2.05, 4.69) is 350 Å². The fourth-order valence-corrected chi connectivity index (χ4v) is 11.1. The maximum absolute atomic E-state index is 2.41. The minimum absolute atomic E-state index is 0.774. The summed E-state index contributed by atoms with van der Waals surface area (Å²) in [6.07, 6.45) is 10.0. The van der Waals surface area contributed by atoms with Crippen molar-refractivity contribution >= 4 is 34.0 Å². The third kappa shape index (κ3) is 11.1. The molecule has 12 aromatic carbocycles. The fourth-order valence-electron chi connectivity index (χ4n) is 11.1. The number of nitrogens with zero attached hydrogens (tertiary/aromatic N) is 2. The van der Waals surface area contributed by atoms with E-state index < -0.39 is 0 Å². The first-order valence-corrected chi connectivity index (χ1v) is 27.9. The van der Waals surface area contributed by atoms with Gasteiger partial charge in [-0.3, -0.25) is 0 Å². The summed E-state index contributed by atoms with van der Waals surface area (Å²) in [4.78, 5) is 4.80. The lowest BCUT2D eigenvalue weighted by molar-refractivity contribution is 1.18. The zero-order chi connectivity index (χ0) is 54.2. The van der Waals surface area contributed by atoms with E-state index in [4.69, 9.17) is 0 Å². The molecule has 0 amide bonds. The summed E-state index contributed by atoms with van der Waals surface area (Å²) in [5, 5.41) is 0. The van der Waals surface area contributed by atoms with Gasteiger partial charge in [0, 0.05) is 34.1 Å². The quantitative estimate of drug-likeness (QED) is 0.107. The van der Waals surface area contributed by atoms with Crippen LogP contribution >= 0.6 is 0 Å². The van der Waals surface area contributed by atoms with E-state index in [1.165, 1.54) is 66.8 Å². The molecule has 0 saturated carbocycles. The minimum Gasteiger partial charge on any atom is -0.311 e. The average Bonchev–Trinajstić information content (AvgIpc) is 3.85. The van der Waals surface area contributed by atoms with Gasteiger partial charge in [0.2, 0.25) is 0 Å². The first-order chi connectivity index (χ1) is 40.1. The number of rotatable bonds is 14. The van der Waals surface area contributed by atoms with Crippen LogP contribution in [0.2, 0.25) is 0 Å². The van der Waals surface area contributed by atoms with E-state index in [0.717, 1.165) is 62.8 Å². The summed E-state index contributed by atoms with van der Waals surface area (Å²) in [6.45, 7) is 0. The molecule has 81 heavy (non-hydrogen) atoms. The van der Waals surface area contributed by atoms with E-state index in [1.807, 2.05) is 0 Å². The van der Waals surface area contributed by atoms with E-state index >= 15 is 0 Å². The SMILES string of the molecule is C1=CC(N(c2ccc(-c3ccccc3)cc2)c2cc(-c3ccccc3)cc(-c3ccccc3)c2)=CCC=C1c1ccc(-c2ccc(N(c3ccc(-c4ccccc4)cc3)c3cc(-c4ccccc4)cc(-c4ccccc4)c3)cc2)cc1. The van der Waals surface area contributed by atoms with E-state index in [0.29, 0.717) is 0 Å². The van der Waals surface area contributed by atoms with Gasteiger partial charge in [-0.1, -0.05) is 261 Å². The van der Waals surface area contributed by atoms with Gasteiger partial charge in [-0.15, -0.1) is 0 Å². The van der Waals surface area contributed by atoms with Crippen molar-refractivity contribution in [2.24, 2.45) is 0 Å². The standard InChI is InChI=1S/C79H58N2/c1-7-20-58(21-8-1)67-39-46-75(47-40-67)80(78-54-70(60-24-11-3-12-25-60)52-71(55-78)61-26-13-4-14-27-61)74-33-19-32-64(38-45-74)65-34-36-66(37-35-65)69-43-50-77(51-44-69)81(76-48-41-68(42-49-76)59-22-9-2-10-23-59)79-56-72(62-28-15-5-16-29-62)53-73(57-79)63-30-17-6-18-31-63/h1-18,20-57H,19H2. The van der Waals surface area contributed by atoms with Gasteiger partial charge >= 0.3 is 0 Å². The summed E-state index contributed by atoms with van der Waals surface area (Å²) in [6, 6.07) is 114. The van der Waals surface area contributed by atoms with Crippen molar-refractivity contribution in [3.63, 3.8) is 0 Å². The van der Waals surface area contributed by atoms with Gasteiger partial charge in [0.15, 0.2) is 0 Å².